The number of hydrogen-bond donors (Lipinski definition) is 1. The van der Waals surface area contributed by atoms with Gasteiger partial charge in [0.25, 0.3) is 0 Å². The number of anilines is 1. The Balaban J connectivity index is 2.05. The van der Waals surface area contributed by atoms with Gasteiger partial charge in [-0.05, 0) is 36.4 Å². The molecule has 86 valence electrons. The van der Waals surface area contributed by atoms with Crippen molar-refractivity contribution in [1.82, 2.24) is 0 Å². The summed E-state index contributed by atoms with van der Waals surface area (Å²) in [4.78, 5) is 15.1. The van der Waals surface area contributed by atoms with Gasteiger partial charge in [-0.2, -0.15) is 0 Å². The molecule has 1 aromatic heterocycles. The first-order valence-corrected chi connectivity index (χ1v) is 5.19. The summed E-state index contributed by atoms with van der Waals surface area (Å²) in [6.45, 7) is 1.48. The Kier molecular flexibility index (Phi) is 3.35. The van der Waals surface area contributed by atoms with E-state index in [0.29, 0.717) is 5.76 Å². The van der Waals surface area contributed by atoms with Crippen molar-refractivity contribution < 1.29 is 9.21 Å². The number of hydrogen-bond acceptors (Lipinski definition) is 3. The molecule has 0 saturated carbocycles. The molecule has 1 aromatic carbocycles. The number of rotatable bonds is 3. The molecule has 0 saturated heterocycles. The zero-order chi connectivity index (χ0) is 12.1. The van der Waals surface area contributed by atoms with E-state index >= 15 is 0 Å². The van der Waals surface area contributed by atoms with E-state index in [0.717, 1.165) is 11.4 Å². The Hall–Kier alpha value is -2.36. The molecule has 17 heavy (non-hydrogen) atoms. The quantitative estimate of drug-likeness (QED) is 0.821. The first-order valence-electron chi connectivity index (χ1n) is 5.19. The highest BCUT2D eigenvalue weighted by Crippen LogP contribution is 2.16. The van der Waals surface area contributed by atoms with Gasteiger partial charge in [0, 0.05) is 12.6 Å². The smallest absolute Gasteiger partial charge is 0.221 e. The van der Waals surface area contributed by atoms with Crippen molar-refractivity contribution in [1.29, 1.82) is 0 Å². The molecule has 0 aliphatic heterocycles. The molecule has 0 radical (unpaired) electrons. The Morgan fingerprint density at radius 1 is 1.29 bits per heavy atom. The third kappa shape index (κ3) is 3.31. The molecule has 4 heteroatoms. The lowest BCUT2D eigenvalue weighted by molar-refractivity contribution is -0.114. The molecular formula is C13H12N2O2. The van der Waals surface area contributed by atoms with Gasteiger partial charge in [0.05, 0.1) is 18.2 Å². The molecule has 0 atom stereocenters. The number of furan rings is 1. The molecule has 0 aliphatic rings. The molecule has 2 rings (SSSR count). The van der Waals surface area contributed by atoms with Crippen molar-refractivity contribution in [3.8, 4) is 0 Å². The fourth-order valence-electron chi connectivity index (χ4n) is 1.34. The van der Waals surface area contributed by atoms with E-state index in [9.17, 15) is 4.79 Å². The first-order chi connectivity index (χ1) is 8.24. The van der Waals surface area contributed by atoms with E-state index in [-0.39, 0.29) is 5.91 Å². The SMILES string of the molecule is CC(=O)Nc1ccc(/N=C/c2ccco2)cc1. The van der Waals surface area contributed by atoms with Gasteiger partial charge in [0.2, 0.25) is 5.91 Å². The van der Waals surface area contributed by atoms with Crippen LogP contribution in [0, 0.1) is 0 Å². The topological polar surface area (TPSA) is 54.6 Å². The van der Waals surface area contributed by atoms with Crippen LogP contribution in [0.1, 0.15) is 12.7 Å². The van der Waals surface area contributed by atoms with Crippen molar-refractivity contribution in [2.45, 2.75) is 6.92 Å². The predicted octanol–water partition coefficient (Wildman–Crippen LogP) is 2.99. The molecule has 0 fully saturated rings. The predicted molar refractivity (Wildman–Crippen MR) is 66.7 cm³/mol. The maximum absolute atomic E-state index is 10.8. The number of aliphatic imine (C=N–C) groups is 1. The molecule has 0 unspecified atom stereocenters. The molecule has 1 N–H and O–H groups in total. The summed E-state index contributed by atoms with van der Waals surface area (Å²) in [6.07, 6.45) is 3.24. The van der Waals surface area contributed by atoms with Gasteiger partial charge in [-0.15, -0.1) is 0 Å². The van der Waals surface area contributed by atoms with Crippen molar-refractivity contribution in [3.63, 3.8) is 0 Å². The molecule has 0 bridgehead atoms. The lowest BCUT2D eigenvalue weighted by atomic mass is 10.3. The van der Waals surface area contributed by atoms with Gasteiger partial charge < -0.3 is 9.73 Å². The average molecular weight is 228 g/mol. The number of amides is 1. The van der Waals surface area contributed by atoms with E-state index in [1.54, 1.807) is 30.7 Å². The minimum atomic E-state index is -0.0863. The van der Waals surface area contributed by atoms with E-state index in [1.807, 2.05) is 18.2 Å². The van der Waals surface area contributed by atoms with Gasteiger partial charge >= 0.3 is 0 Å². The summed E-state index contributed by atoms with van der Waals surface area (Å²) in [5.74, 6) is 0.618. The zero-order valence-corrected chi connectivity index (χ0v) is 9.38. The largest absolute Gasteiger partial charge is 0.463 e. The van der Waals surface area contributed by atoms with E-state index < -0.39 is 0 Å². The van der Waals surface area contributed by atoms with Crippen molar-refractivity contribution in [2.24, 2.45) is 4.99 Å². The lowest BCUT2D eigenvalue weighted by Crippen LogP contribution is -2.04. The monoisotopic (exact) mass is 228 g/mol. The van der Waals surface area contributed by atoms with Crippen LogP contribution in [0.25, 0.3) is 0 Å². The number of carbonyl (C=O) groups excluding carboxylic acids is 1. The van der Waals surface area contributed by atoms with E-state index in [4.69, 9.17) is 4.42 Å². The van der Waals surface area contributed by atoms with Crippen LogP contribution in [0.3, 0.4) is 0 Å². The minimum Gasteiger partial charge on any atom is -0.463 e. The number of carbonyl (C=O) groups is 1. The summed E-state index contributed by atoms with van der Waals surface area (Å²) < 4.78 is 5.13. The third-order valence-corrected chi connectivity index (χ3v) is 2.07. The van der Waals surface area contributed by atoms with Gasteiger partial charge in [-0.3, -0.25) is 9.79 Å². The van der Waals surface area contributed by atoms with Gasteiger partial charge in [0.15, 0.2) is 0 Å². The molecule has 1 heterocycles. The maximum Gasteiger partial charge on any atom is 0.221 e. The van der Waals surface area contributed by atoms with Crippen LogP contribution in [-0.2, 0) is 4.79 Å². The number of nitrogens with one attached hydrogen (secondary N) is 1. The van der Waals surface area contributed by atoms with Crippen LogP contribution in [0.15, 0.2) is 52.1 Å². The fourth-order valence-corrected chi connectivity index (χ4v) is 1.34. The van der Waals surface area contributed by atoms with Crippen molar-refractivity contribution in [2.75, 3.05) is 5.32 Å². The molecule has 4 nitrogen and oxygen atoms in total. The average Bonchev–Trinajstić information content (AvgIpc) is 2.80. The summed E-state index contributed by atoms with van der Waals surface area (Å²) in [5, 5.41) is 2.69. The first kappa shape index (κ1) is 11.1. The Bertz CT molecular complexity index is 513. The zero-order valence-electron chi connectivity index (χ0n) is 9.38. The highest BCUT2D eigenvalue weighted by molar-refractivity contribution is 5.88. The summed E-state index contributed by atoms with van der Waals surface area (Å²) in [6, 6.07) is 10.9. The molecule has 0 aliphatic carbocycles. The fraction of sp³-hybridized carbons (Fsp3) is 0.0769. The van der Waals surface area contributed by atoms with Gasteiger partial charge in [-0.1, -0.05) is 0 Å². The van der Waals surface area contributed by atoms with E-state index in [2.05, 4.69) is 10.3 Å². The number of nitrogens with zero attached hydrogens (tertiary/aromatic N) is 1. The summed E-state index contributed by atoms with van der Waals surface area (Å²) in [5.41, 5.74) is 1.56. The van der Waals surface area contributed by atoms with Crippen LogP contribution in [0.2, 0.25) is 0 Å². The molecule has 1 amide bonds. The summed E-state index contributed by atoms with van der Waals surface area (Å²) >= 11 is 0. The van der Waals surface area contributed by atoms with Crippen LogP contribution in [0.4, 0.5) is 11.4 Å². The number of benzene rings is 1. The van der Waals surface area contributed by atoms with Gasteiger partial charge in [-0.25, -0.2) is 0 Å². The Morgan fingerprint density at radius 3 is 2.65 bits per heavy atom. The maximum atomic E-state index is 10.8. The Morgan fingerprint density at radius 2 is 2.06 bits per heavy atom. The molecule has 2 aromatic rings. The molecule has 0 spiro atoms. The van der Waals surface area contributed by atoms with Gasteiger partial charge in [0.1, 0.15) is 5.76 Å². The standard InChI is InChI=1S/C13H12N2O2/c1-10(16)15-12-6-4-11(5-7-12)14-9-13-3-2-8-17-13/h2-9H,1H3,(H,15,16)/b14-9+. The lowest BCUT2D eigenvalue weighted by Gasteiger charge is -2.01. The molecular weight excluding hydrogens is 216 g/mol. The van der Waals surface area contributed by atoms with Crippen LogP contribution in [-0.4, -0.2) is 12.1 Å². The Labute approximate surface area is 99.0 Å². The highest BCUT2D eigenvalue weighted by Gasteiger charge is 1.95. The van der Waals surface area contributed by atoms with Crippen LogP contribution in [0.5, 0.6) is 0 Å². The van der Waals surface area contributed by atoms with Crippen molar-refractivity contribution in [3.05, 3.63) is 48.4 Å². The second-order valence-electron chi connectivity index (χ2n) is 3.50. The minimum absolute atomic E-state index is 0.0863. The second kappa shape index (κ2) is 5.12. The van der Waals surface area contributed by atoms with Crippen LogP contribution >= 0.6 is 0 Å². The summed E-state index contributed by atoms with van der Waals surface area (Å²) in [7, 11) is 0. The second-order valence-corrected chi connectivity index (χ2v) is 3.50. The normalized spacial score (nSPS) is 10.6. The third-order valence-electron chi connectivity index (χ3n) is 2.07. The van der Waals surface area contributed by atoms with E-state index in [1.165, 1.54) is 6.92 Å². The van der Waals surface area contributed by atoms with Crippen molar-refractivity contribution >= 4 is 23.5 Å². The van der Waals surface area contributed by atoms with Crippen LogP contribution < -0.4 is 5.32 Å². The highest BCUT2D eigenvalue weighted by atomic mass is 16.3.